The maximum absolute atomic E-state index is 13.1. The van der Waals surface area contributed by atoms with Gasteiger partial charge in [-0.3, -0.25) is 0 Å². The molecule has 0 amide bonds. The Balaban J connectivity index is 1.91. The Kier molecular flexibility index (Phi) is 5.34. The highest BCUT2D eigenvalue weighted by molar-refractivity contribution is 7.19. The highest BCUT2D eigenvalue weighted by Crippen LogP contribution is 2.32. The van der Waals surface area contributed by atoms with Crippen LogP contribution in [0.1, 0.15) is 56.4 Å². The Bertz CT molecular complexity index is 520. The van der Waals surface area contributed by atoms with Gasteiger partial charge in [-0.1, -0.05) is 39.0 Å². The molecule has 0 radical (unpaired) electrons. The van der Waals surface area contributed by atoms with Crippen molar-refractivity contribution >= 4 is 21.4 Å². The molecule has 0 saturated carbocycles. The van der Waals surface area contributed by atoms with Gasteiger partial charge < -0.3 is 5.11 Å². The summed E-state index contributed by atoms with van der Waals surface area (Å²) in [7, 11) is 0. The third-order valence-electron chi connectivity index (χ3n) is 3.41. The largest absolute Gasteiger partial charge is 0.388 e. The van der Waals surface area contributed by atoms with Crippen LogP contribution in [0.3, 0.4) is 0 Å². The molecule has 0 spiro atoms. The van der Waals surface area contributed by atoms with E-state index in [0.29, 0.717) is 0 Å². The predicted octanol–water partition coefficient (Wildman–Crippen LogP) is 5.43. The second-order valence-electron chi connectivity index (χ2n) is 5.05. The molecule has 19 heavy (non-hydrogen) atoms. The Labute approximate surface area is 118 Å². The minimum atomic E-state index is -0.401. The number of aliphatic hydroxyl groups excluding tert-OH is 1. The summed E-state index contributed by atoms with van der Waals surface area (Å²) in [5.74, 6) is -0.217. The minimum absolute atomic E-state index is 0.217. The van der Waals surface area contributed by atoms with Gasteiger partial charge in [0.25, 0.3) is 0 Å². The van der Waals surface area contributed by atoms with E-state index < -0.39 is 6.10 Å². The number of hydrogen-bond acceptors (Lipinski definition) is 2. The molecule has 1 aromatic carbocycles. The summed E-state index contributed by atoms with van der Waals surface area (Å²) in [6, 6.07) is 6.70. The number of halogens is 1. The molecule has 2 aromatic rings. The van der Waals surface area contributed by atoms with Crippen molar-refractivity contribution in [1.29, 1.82) is 0 Å². The molecule has 1 heterocycles. The van der Waals surface area contributed by atoms with Crippen molar-refractivity contribution in [2.75, 3.05) is 0 Å². The third-order valence-corrected chi connectivity index (χ3v) is 4.62. The lowest BCUT2D eigenvalue weighted by Gasteiger charge is -2.07. The first-order chi connectivity index (χ1) is 9.20. The molecule has 1 aromatic heterocycles. The molecule has 0 bridgehead atoms. The number of hydrogen-bond donors (Lipinski definition) is 1. The van der Waals surface area contributed by atoms with Crippen LogP contribution in [0.25, 0.3) is 10.1 Å². The van der Waals surface area contributed by atoms with E-state index >= 15 is 0 Å². The van der Waals surface area contributed by atoms with Crippen LogP contribution >= 0.6 is 11.3 Å². The van der Waals surface area contributed by atoms with Crippen molar-refractivity contribution in [3.8, 4) is 0 Å². The summed E-state index contributed by atoms with van der Waals surface area (Å²) in [6.07, 6.45) is 6.42. The zero-order valence-electron chi connectivity index (χ0n) is 11.4. The number of benzene rings is 1. The molecular weight excluding hydrogens is 259 g/mol. The van der Waals surface area contributed by atoms with Crippen molar-refractivity contribution in [3.63, 3.8) is 0 Å². The van der Waals surface area contributed by atoms with Crippen molar-refractivity contribution in [1.82, 2.24) is 0 Å². The maximum atomic E-state index is 13.1. The van der Waals surface area contributed by atoms with E-state index in [9.17, 15) is 9.50 Å². The van der Waals surface area contributed by atoms with Gasteiger partial charge in [-0.2, -0.15) is 0 Å². The second-order valence-corrected chi connectivity index (χ2v) is 6.16. The standard InChI is InChI=1S/C16H21FOS/c1-2-3-4-5-6-7-14(18)16-11-12-10-13(17)8-9-15(12)19-16/h8-11,14,18H,2-7H2,1H3. The maximum Gasteiger partial charge on any atom is 0.123 e. The van der Waals surface area contributed by atoms with Gasteiger partial charge in [0, 0.05) is 9.58 Å². The summed E-state index contributed by atoms with van der Waals surface area (Å²) in [5.41, 5.74) is 0. The topological polar surface area (TPSA) is 20.2 Å². The van der Waals surface area contributed by atoms with Crippen molar-refractivity contribution in [2.45, 2.75) is 51.6 Å². The van der Waals surface area contributed by atoms with Gasteiger partial charge in [0.2, 0.25) is 0 Å². The van der Waals surface area contributed by atoms with Gasteiger partial charge in [0.05, 0.1) is 6.10 Å². The summed E-state index contributed by atoms with van der Waals surface area (Å²) in [4.78, 5) is 0.955. The van der Waals surface area contributed by atoms with E-state index in [1.807, 2.05) is 6.07 Å². The third kappa shape index (κ3) is 4.02. The molecule has 104 valence electrons. The predicted molar refractivity (Wildman–Crippen MR) is 80.1 cm³/mol. The van der Waals surface area contributed by atoms with E-state index in [2.05, 4.69) is 6.92 Å². The van der Waals surface area contributed by atoms with Gasteiger partial charge in [-0.25, -0.2) is 4.39 Å². The van der Waals surface area contributed by atoms with Crippen LogP contribution in [0.15, 0.2) is 24.3 Å². The quantitative estimate of drug-likeness (QED) is 0.670. The SMILES string of the molecule is CCCCCCCC(O)c1cc2cc(F)ccc2s1. The summed E-state index contributed by atoms with van der Waals surface area (Å²) < 4.78 is 14.2. The van der Waals surface area contributed by atoms with Crippen LogP contribution in [0, 0.1) is 5.82 Å². The fourth-order valence-electron chi connectivity index (χ4n) is 2.28. The molecule has 2 rings (SSSR count). The fraction of sp³-hybridized carbons (Fsp3) is 0.500. The van der Waals surface area contributed by atoms with Gasteiger partial charge in [0.1, 0.15) is 5.82 Å². The molecule has 1 N–H and O–H groups in total. The summed E-state index contributed by atoms with van der Waals surface area (Å²) in [5, 5.41) is 11.1. The first-order valence-electron chi connectivity index (χ1n) is 7.07. The molecule has 0 aliphatic rings. The monoisotopic (exact) mass is 280 g/mol. The molecule has 0 aliphatic heterocycles. The lowest BCUT2D eigenvalue weighted by Crippen LogP contribution is -1.94. The van der Waals surface area contributed by atoms with Gasteiger partial charge in [-0.05, 0) is 36.1 Å². The number of fused-ring (bicyclic) bond motifs is 1. The van der Waals surface area contributed by atoms with E-state index in [4.69, 9.17) is 0 Å². The summed E-state index contributed by atoms with van der Waals surface area (Å²) in [6.45, 7) is 2.20. The lowest BCUT2D eigenvalue weighted by molar-refractivity contribution is 0.167. The van der Waals surface area contributed by atoms with Gasteiger partial charge in [0.15, 0.2) is 0 Å². The van der Waals surface area contributed by atoms with E-state index in [0.717, 1.165) is 27.8 Å². The Morgan fingerprint density at radius 1 is 1.16 bits per heavy atom. The zero-order chi connectivity index (χ0) is 13.7. The van der Waals surface area contributed by atoms with Gasteiger partial charge >= 0.3 is 0 Å². The van der Waals surface area contributed by atoms with E-state index in [1.165, 1.54) is 37.8 Å². The molecule has 1 atom stereocenters. The Hall–Kier alpha value is -0.930. The average Bonchev–Trinajstić information content (AvgIpc) is 2.81. The molecular formula is C16H21FOS. The van der Waals surface area contributed by atoms with Crippen LogP contribution < -0.4 is 0 Å². The number of rotatable bonds is 7. The average molecular weight is 280 g/mol. The van der Waals surface area contributed by atoms with Crippen molar-refractivity contribution in [3.05, 3.63) is 35.0 Å². The van der Waals surface area contributed by atoms with E-state index in [1.54, 1.807) is 17.4 Å². The first-order valence-corrected chi connectivity index (χ1v) is 7.89. The summed E-state index contributed by atoms with van der Waals surface area (Å²) >= 11 is 1.57. The van der Waals surface area contributed by atoms with Crippen LogP contribution in [-0.2, 0) is 0 Å². The first kappa shape index (κ1) is 14.5. The van der Waals surface area contributed by atoms with Crippen molar-refractivity contribution < 1.29 is 9.50 Å². The normalized spacial score (nSPS) is 13.0. The van der Waals surface area contributed by atoms with Crippen LogP contribution in [0.5, 0.6) is 0 Å². The highest BCUT2D eigenvalue weighted by Gasteiger charge is 2.11. The molecule has 1 nitrogen and oxygen atoms in total. The molecule has 3 heteroatoms. The number of aliphatic hydroxyl groups is 1. The second kappa shape index (κ2) is 7.01. The Morgan fingerprint density at radius 2 is 1.95 bits per heavy atom. The smallest absolute Gasteiger partial charge is 0.123 e. The van der Waals surface area contributed by atoms with Crippen LogP contribution in [0.4, 0.5) is 4.39 Å². The number of thiophene rings is 1. The number of unbranched alkanes of at least 4 members (excludes halogenated alkanes) is 4. The minimum Gasteiger partial charge on any atom is -0.388 e. The van der Waals surface area contributed by atoms with Crippen molar-refractivity contribution in [2.24, 2.45) is 0 Å². The zero-order valence-corrected chi connectivity index (χ0v) is 12.2. The van der Waals surface area contributed by atoms with Crippen LogP contribution in [-0.4, -0.2) is 5.11 Å². The van der Waals surface area contributed by atoms with Gasteiger partial charge in [-0.15, -0.1) is 11.3 Å². The molecule has 0 saturated heterocycles. The molecule has 0 fully saturated rings. The highest BCUT2D eigenvalue weighted by atomic mass is 32.1. The lowest BCUT2D eigenvalue weighted by atomic mass is 10.1. The Morgan fingerprint density at radius 3 is 2.74 bits per heavy atom. The fourth-order valence-corrected chi connectivity index (χ4v) is 3.35. The van der Waals surface area contributed by atoms with E-state index in [-0.39, 0.29) is 5.82 Å². The molecule has 1 unspecified atom stereocenters. The molecule has 0 aliphatic carbocycles. The van der Waals surface area contributed by atoms with Crippen LogP contribution in [0.2, 0.25) is 0 Å².